The van der Waals surface area contributed by atoms with Crippen molar-refractivity contribution in [3.05, 3.63) is 0 Å². The van der Waals surface area contributed by atoms with Gasteiger partial charge in [-0.25, -0.2) is 0 Å². The highest BCUT2D eigenvalue weighted by atomic mass is 28.5. The van der Waals surface area contributed by atoms with Gasteiger partial charge in [-0.2, -0.15) is 0 Å². The first kappa shape index (κ1) is 19.3. The summed E-state index contributed by atoms with van der Waals surface area (Å²) in [6.07, 6.45) is -4.69. The third kappa shape index (κ3) is 9.76. The molecule has 0 amide bonds. The van der Waals surface area contributed by atoms with E-state index in [1.807, 2.05) is 20.0 Å². The molecular weight excluding hydrogens is 313 g/mol. The number of hydrogen-bond donors (Lipinski definition) is 0. The second-order valence-electron chi connectivity index (χ2n) is 5.38. The van der Waals surface area contributed by atoms with Gasteiger partial charge in [-0.15, -0.1) is 13.2 Å². The number of alkyl halides is 3. The molecule has 0 saturated carbocycles. The Hall–Kier alpha value is 0.281. The quantitative estimate of drug-likeness (QED) is 0.664. The van der Waals surface area contributed by atoms with Crippen LogP contribution < -0.4 is 0 Å². The molecule has 19 heavy (non-hydrogen) atoms. The fourth-order valence-electron chi connectivity index (χ4n) is 1.88. The Balaban J connectivity index is 4.67. The number of hydrogen-bond acceptors (Lipinski definition) is 4. The fraction of sp³-hybridized carbons (Fsp3) is 1.00. The molecule has 10 heteroatoms. The van der Waals surface area contributed by atoms with Crippen LogP contribution in [0.5, 0.6) is 0 Å². The van der Waals surface area contributed by atoms with Gasteiger partial charge in [0.15, 0.2) is 0 Å². The van der Waals surface area contributed by atoms with Crippen LogP contribution in [0.1, 0.15) is 6.92 Å². The molecule has 0 aromatic carbocycles. The zero-order chi connectivity index (χ0) is 15.5. The Bertz CT molecular complexity index is 295. The van der Waals surface area contributed by atoms with Crippen LogP contribution in [-0.4, -0.2) is 38.7 Å². The van der Waals surface area contributed by atoms with Crippen molar-refractivity contribution in [1.82, 2.24) is 0 Å². The van der Waals surface area contributed by atoms with Crippen molar-refractivity contribution in [3.63, 3.8) is 0 Å². The third-order valence-electron chi connectivity index (χ3n) is 1.84. The smallest absolute Gasteiger partial charge is 0.415 e. The predicted molar refractivity (Wildman–Crippen MR) is 73.4 cm³/mol. The van der Waals surface area contributed by atoms with Crippen molar-refractivity contribution in [1.29, 1.82) is 0 Å². The van der Waals surface area contributed by atoms with Crippen molar-refractivity contribution in [2.75, 3.05) is 6.61 Å². The Morgan fingerprint density at radius 2 is 1.21 bits per heavy atom. The average Bonchev–Trinajstić information content (AvgIpc) is 1.90. The van der Waals surface area contributed by atoms with Gasteiger partial charge >= 0.3 is 32.0 Å². The maximum Gasteiger partial charge on any atom is 0.514 e. The molecular formula is C9H23F3O4Si3. The highest BCUT2D eigenvalue weighted by Gasteiger charge is 2.46. The van der Waals surface area contributed by atoms with Gasteiger partial charge < -0.3 is 17.1 Å². The van der Waals surface area contributed by atoms with Crippen LogP contribution in [0.4, 0.5) is 13.2 Å². The minimum atomic E-state index is -4.69. The average molecular weight is 337 g/mol. The summed E-state index contributed by atoms with van der Waals surface area (Å²) in [5, 5.41) is 0. The lowest BCUT2D eigenvalue weighted by Crippen LogP contribution is -2.55. The summed E-state index contributed by atoms with van der Waals surface area (Å²) in [5.74, 6) is 0. The molecule has 4 nitrogen and oxygen atoms in total. The fourth-order valence-corrected chi connectivity index (χ4v) is 13.5. The summed E-state index contributed by atoms with van der Waals surface area (Å²) in [5.41, 5.74) is 0. The van der Waals surface area contributed by atoms with Gasteiger partial charge in [0.25, 0.3) is 0 Å². The topological polar surface area (TPSA) is 36.9 Å². The van der Waals surface area contributed by atoms with Crippen molar-refractivity contribution in [2.45, 2.75) is 52.6 Å². The second-order valence-corrected chi connectivity index (χ2v) is 15.9. The van der Waals surface area contributed by atoms with E-state index in [0.717, 1.165) is 0 Å². The van der Waals surface area contributed by atoms with Crippen molar-refractivity contribution in [3.8, 4) is 0 Å². The van der Waals surface area contributed by atoms with E-state index < -0.39 is 32.0 Å². The lowest BCUT2D eigenvalue weighted by molar-refractivity contribution is -0.285. The molecule has 0 heterocycles. The number of halogens is 3. The summed E-state index contributed by atoms with van der Waals surface area (Å²) in [6.45, 7) is 12.1. The normalized spacial score (nSPS) is 14.8. The van der Waals surface area contributed by atoms with Crippen LogP contribution in [0.2, 0.25) is 39.3 Å². The molecule has 0 aliphatic carbocycles. The Labute approximate surface area is 115 Å². The standard InChI is InChI=1S/C9H23F3O4Si3/c1-8-13-17(2,3)15-19(6,7)16-18(4,5)14-9(10,11)12/h8H2,1-7H3. The minimum absolute atomic E-state index is 0.504. The van der Waals surface area contributed by atoms with Gasteiger partial charge in [0.1, 0.15) is 0 Å². The second kappa shape index (κ2) is 6.37. The molecule has 0 radical (unpaired) electrons. The van der Waals surface area contributed by atoms with Crippen LogP contribution in [0.3, 0.4) is 0 Å². The van der Waals surface area contributed by atoms with E-state index >= 15 is 0 Å². The monoisotopic (exact) mass is 336 g/mol. The van der Waals surface area contributed by atoms with Crippen molar-refractivity contribution in [2.24, 2.45) is 0 Å². The third-order valence-corrected chi connectivity index (χ3v) is 11.4. The van der Waals surface area contributed by atoms with Gasteiger partial charge in [0.05, 0.1) is 0 Å². The molecule has 0 fully saturated rings. The summed E-state index contributed by atoms with van der Waals surface area (Å²) in [7, 11) is -8.43. The first-order chi connectivity index (χ1) is 8.18. The van der Waals surface area contributed by atoms with Gasteiger partial charge in [-0.1, -0.05) is 0 Å². The van der Waals surface area contributed by atoms with Crippen LogP contribution in [-0.2, 0) is 17.1 Å². The highest BCUT2D eigenvalue weighted by molar-refractivity contribution is 6.84. The maximum absolute atomic E-state index is 12.3. The molecule has 0 aliphatic rings. The Kier molecular flexibility index (Phi) is 6.46. The summed E-state index contributed by atoms with van der Waals surface area (Å²) in [6, 6.07) is 0. The van der Waals surface area contributed by atoms with E-state index in [4.69, 9.17) is 12.7 Å². The molecule has 0 aromatic rings. The first-order valence-electron chi connectivity index (χ1n) is 5.99. The van der Waals surface area contributed by atoms with E-state index in [1.54, 1.807) is 13.1 Å². The molecule has 0 aromatic heterocycles. The lowest BCUT2D eigenvalue weighted by Gasteiger charge is -2.37. The summed E-state index contributed by atoms with van der Waals surface area (Å²) in [4.78, 5) is 0. The van der Waals surface area contributed by atoms with Crippen LogP contribution in [0.25, 0.3) is 0 Å². The molecule has 0 N–H and O–H groups in total. The minimum Gasteiger partial charge on any atom is -0.415 e. The van der Waals surface area contributed by atoms with E-state index in [9.17, 15) is 13.2 Å². The van der Waals surface area contributed by atoms with E-state index in [2.05, 4.69) is 4.43 Å². The zero-order valence-corrected chi connectivity index (χ0v) is 15.5. The molecule has 116 valence electrons. The van der Waals surface area contributed by atoms with Crippen LogP contribution >= 0.6 is 0 Å². The predicted octanol–water partition coefficient (Wildman–Crippen LogP) is 3.70. The van der Waals surface area contributed by atoms with Gasteiger partial charge in [-0.05, 0) is 46.2 Å². The first-order valence-corrected chi connectivity index (χ1v) is 14.4. The summed E-state index contributed by atoms with van der Waals surface area (Å²) >= 11 is 0. The maximum atomic E-state index is 12.3. The molecule has 0 aliphatic heterocycles. The molecule has 0 atom stereocenters. The molecule has 0 rings (SSSR count). The van der Waals surface area contributed by atoms with Crippen molar-refractivity contribution < 1.29 is 30.3 Å². The van der Waals surface area contributed by atoms with E-state index in [1.165, 1.54) is 13.1 Å². The van der Waals surface area contributed by atoms with Crippen LogP contribution in [0.15, 0.2) is 0 Å². The zero-order valence-electron chi connectivity index (χ0n) is 12.5. The molecule has 0 spiro atoms. The van der Waals surface area contributed by atoms with E-state index in [-0.39, 0.29) is 0 Å². The van der Waals surface area contributed by atoms with Gasteiger partial charge in [0.2, 0.25) is 0 Å². The van der Waals surface area contributed by atoms with E-state index in [0.29, 0.717) is 6.61 Å². The Morgan fingerprint density at radius 1 is 0.789 bits per heavy atom. The SMILES string of the molecule is CCO[Si](C)(C)O[Si](C)(C)O[Si](C)(C)OC(F)(F)F. The number of rotatable bonds is 7. The largest absolute Gasteiger partial charge is 0.514 e. The molecule has 0 unspecified atom stereocenters. The molecule has 0 bridgehead atoms. The van der Waals surface area contributed by atoms with Crippen molar-refractivity contribution >= 4 is 25.7 Å². The van der Waals surface area contributed by atoms with Gasteiger partial charge in [-0.3, -0.25) is 0 Å². The molecule has 0 saturated heterocycles. The summed E-state index contributed by atoms with van der Waals surface area (Å²) < 4.78 is 57.8. The van der Waals surface area contributed by atoms with Crippen LogP contribution in [0, 0.1) is 0 Å². The Morgan fingerprint density at radius 3 is 1.58 bits per heavy atom. The lowest BCUT2D eigenvalue weighted by atomic mass is 10.9. The highest BCUT2D eigenvalue weighted by Crippen LogP contribution is 2.27. The van der Waals surface area contributed by atoms with Gasteiger partial charge in [0, 0.05) is 6.61 Å².